The number of ether oxygens (including phenoxy) is 1. The summed E-state index contributed by atoms with van der Waals surface area (Å²) in [6.07, 6.45) is 2.22. The Morgan fingerprint density at radius 2 is 2.06 bits per heavy atom. The molecular weight excluding hydrogens is 230 g/mol. The van der Waals surface area contributed by atoms with E-state index in [1.54, 1.807) is 0 Å². The van der Waals surface area contributed by atoms with E-state index in [0.717, 1.165) is 18.6 Å². The van der Waals surface area contributed by atoms with Gasteiger partial charge < -0.3 is 9.84 Å². The van der Waals surface area contributed by atoms with E-state index in [-0.39, 0.29) is 6.54 Å². The molecule has 0 spiro atoms. The summed E-state index contributed by atoms with van der Waals surface area (Å²) in [5, 5.41) is 8.82. The highest BCUT2D eigenvalue weighted by Crippen LogP contribution is 2.26. The molecule has 0 bridgehead atoms. The van der Waals surface area contributed by atoms with Crippen LogP contribution >= 0.6 is 0 Å². The third kappa shape index (κ3) is 4.04. The lowest BCUT2D eigenvalue weighted by atomic mass is 10.2. The topological polar surface area (TPSA) is 49.8 Å². The molecule has 1 aliphatic carbocycles. The summed E-state index contributed by atoms with van der Waals surface area (Å²) < 4.78 is 5.62. The minimum Gasteiger partial charge on any atom is -0.492 e. The minimum atomic E-state index is -0.766. The Balaban J connectivity index is 1.75. The Bertz CT molecular complexity index is 398. The quantitative estimate of drug-likeness (QED) is 0.802. The van der Waals surface area contributed by atoms with Crippen LogP contribution in [0.1, 0.15) is 18.4 Å². The van der Waals surface area contributed by atoms with Crippen LogP contribution in [0.25, 0.3) is 0 Å². The number of carboxylic acid groups (broad SMARTS) is 1. The lowest BCUT2D eigenvalue weighted by Gasteiger charge is -2.19. The van der Waals surface area contributed by atoms with Crippen LogP contribution in [0.2, 0.25) is 0 Å². The number of carbonyl (C=O) groups is 1. The van der Waals surface area contributed by atoms with Gasteiger partial charge in [0.05, 0.1) is 6.54 Å². The Kier molecular flexibility index (Phi) is 4.20. The molecule has 1 saturated carbocycles. The second kappa shape index (κ2) is 5.87. The highest BCUT2D eigenvalue weighted by atomic mass is 16.5. The van der Waals surface area contributed by atoms with Crippen molar-refractivity contribution < 1.29 is 14.6 Å². The number of aliphatic carboxylic acids is 1. The van der Waals surface area contributed by atoms with Crippen LogP contribution < -0.4 is 4.74 Å². The molecule has 18 heavy (non-hydrogen) atoms. The van der Waals surface area contributed by atoms with Gasteiger partial charge in [0, 0.05) is 12.6 Å². The first-order valence-electron chi connectivity index (χ1n) is 6.30. The number of benzene rings is 1. The summed E-state index contributed by atoms with van der Waals surface area (Å²) in [6, 6.07) is 8.33. The molecule has 0 aliphatic heterocycles. The Hall–Kier alpha value is -1.55. The van der Waals surface area contributed by atoms with Crippen LogP contribution in [0, 0.1) is 6.92 Å². The van der Waals surface area contributed by atoms with Gasteiger partial charge in [-0.2, -0.15) is 0 Å². The number of hydrogen-bond acceptors (Lipinski definition) is 3. The summed E-state index contributed by atoms with van der Waals surface area (Å²) >= 11 is 0. The summed E-state index contributed by atoms with van der Waals surface area (Å²) in [4.78, 5) is 12.7. The van der Waals surface area contributed by atoms with Crippen molar-refractivity contribution in [2.45, 2.75) is 25.8 Å². The second-order valence-electron chi connectivity index (χ2n) is 4.76. The lowest BCUT2D eigenvalue weighted by Crippen LogP contribution is -2.35. The second-order valence-corrected chi connectivity index (χ2v) is 4.76. The molecule has 0 heterocycles. The highest BCUT2D eigenvalue weighted by molar-refractivity contribution is 5.69. The number of rotatable bonds is 7. The van der Waals surface area contributed by atoms with E-state index in [1.807, 2.05) is 36.1 Å². The molecule has 0 saturated heterocycles. The molecule has 98 valence electrons. The van der Waals surface area contributed by atoms with Crippen molar-refractivity contribution in [3.63, 3.8) is 0 Å². The van der Waals surface area contributed by atoms with Crippen LogP contribution in [0.15, 0.2) is 24.3 Å². The fraction of sp³-hybridized carbons (Fsp3) is 0.500. The monoisotopic (exact) mass is 249 g/mol. The van der Waals surface area contributed by atoms with Crippen molar-refractivity contribution in [1.82, 2.24) is 4.90 Å². The number of hydrogen-bond donors (Lipinski definition) is 1. The Labute approximate surface area is 107 Å². The van der Waals surface area contributed by atoms with Gasteiger partial charge in [0.25, 0.3) is 0 Å². The van der Waals surface area contributed by atoms with Crippen LogP contribution in [0.3, 0.4) is 0 Å². The van der Waals surface area contributed by atoms with E-state index >= 15 is 0 Å². The third-order valence-corrected chi connectivity index (χ3v) is 3.07. The van der Waals surface area contributed by atoms with Gasteiger partial charge in [0.1, 0.15) is 12.4 Å². The fourth-order valence-corrected chi connectivity index (χ4v) is 1.92. The van der Waals surface area contributed by atoms with Gasteiger partial charge in [-0.05, 0) is 31.9 Å². The van der Waals surface area contributed by atoms with Crippen molar-refractivity contribution in [1.29, 1.82) is 0 Å². The van der Waals surface area contributed by atoms with Crippen molar-refractivity contribution >= 4 is 5.97 Å². The molecule has 1 aliphatic rings. The molecule has 2 rings (SSSR count). The zero-order valence-corrected chi connectivity index (χ0v) is 10.6. The van der Waals surface area contributed by atoms with E-state index < -0.39 is 5.97 Å². The Morgan fingerprint density at radius 3 is 2.61 bits per heavy atom. The van der Waals surface area contributed by atoms with Gasteiger partial charge in [-0.15, -0.1) is 0 Å². The normalized spacial score (nSPS) is 14.8. The first-order valence-corrected chi connectivity index (χ1v) is 6.30. The molecule has 1 N–H and O–H groups in total. The van der Waals surface area contributed by atoms with Gasteiger partial charge >= 0.3 is 5.97 Å². The standard InChI is InChI=1S/C14H19NO3/c1-11-2-6-13(7-3-11)18-9-8-15(10-14(16)17)12-4-5-12/h2-3,6-7,12H,4-5,8-10H2,1H3,(H,16,17). The van der Waals surface area contributed by atoms with Gasteiger partial charge in [0.15, 0.2) is 0 Å². The van der Waals surface area contributed by atoms with Gasteiger partial charge in [-0.25, -0.2) is 0 Å². The maximum atomic E-state index is 10.7. The maximum absolute atomic E-state index is 10.7. The lowest BCUT2D eigenvalue weighted by molar-refractivity contribution is -0.138. The largest absolute Gasteiger partial charge is 0.492 e. The molecule has 1 aromatic rings. The van der Waals surface area contributed by atoms with Crippen molar-refractivity contribution in [3.8, 4) is 5.75 Å². The summed E-state index contributed by atoms with van der Waals surface area (Å²) in [5.74, 6) is 0.0731. The molecule has 0 amide bonds. The SMILES string of the molecule is Cc1ccc(OCCN(CC(=O)O)C2CC2)cc1. The molecule has 4 heteroatoms. The van der Waals surface area contributed by atoms with E-state index in [4.69, 9.17) is 9.84 Å². The zero-order chi connectivity index (χ0) is 13.0. The average Bonchev–Trinajstić information content (AvgIpc) is 3.14. The Morgan fingerprint density at radius 1 is 1.39 bits per heavy atom. The van der Waals surface area contributed by atoms with Gasteiger partial charge in [-0.1, -0.05) is 17.7 Å². The van der Waals surface area contributed by atoms with Crippen LogP contribution in [-0.2, 0) is 4.79 Å². The molecule has 0 unspecified atom stereocenters. The summed E-state index contributed by atoms with van der Waals surface area (Å²) in [7, 11) is 0. The van der Waals surface area contributed by atoms with Crippen molar-refractivity contribution in [2.75, 3.05) is 19.7 Å². The zero-order valence-electron chi connectivity index (χ0n) is 10.6. The van der Waals surface area contributed by atoms with Crippen molar-refractivity contribution in [3.05, 3.63) is 29.8 Å². The molecule has 1 aromatic carbocycles. The highest BCUT2D eigenvalue weighted by Gasteiger charge is 2.29. The summed E-state index contributed by atoms with van der Waals surface area (Å²) in [5.41, 5.74) is 1.20. The van der Waals surface area contributed by atoms with E-state index in [9.17, 15) is 4.79 Å². The number of aryl methyl sites for hydroxylation is 1. The average molecular weight is 249 g/mol. The fourth-order valence-electron chi connectivity index (χ4n) is 1.92. The first kappa shape index (κ1) is 12.9. The van der Waals surface area contributed by atoms with E-state index in [2.05, 4.69) is 0 Å². The smallest absolute Gasteiger partial charge is 0.317 e. The van der Waals surface area contributed by atoms with Crippen molar-refractivity contribution in [2.24, 2.45) is 0 Å². The molecule has 1 fully saturated rings. The minimum absolute atomic E-state index is 0.113. The summed E-state index contributed by atoms with van der Waals surface area (Å²) in [6.45, 7) is 3.35. The number of nitrogens with zero attached hydrogens (tertiary/aromatic N) is 1. The molecule has 0 aromatic heterocycles. The predicted octanol–water partition coefficient (Wildman–Crippen LogP) is 1.92. The van der Waals surface area contributed by atoms with Gasteiger partial charge in [-0.3, -0.25) is 9.69 Å². The van der Waals surface area contributed by atoms with Gasteiger partial charge in [0.2, 0.25) is 0 Å². The van der Waals surface area contributed by atoms with E-state index in [1.165, 1.54) is 5.56 Å². The van der Waals surface area contributed by atoms with Crippen LogP contribution in [0.5, 0.6) is 5.75 Å². The predicted molar refractivity (Wildman–Crippen MR) is 68.9 cm³/mol. The molecule has 4 nitrogen and oxygen atoms in total. The maximum Gasteiger partial charge on any atom is 0.317 e. The third-order valence-electron chi connectivity index (χ3n) is 3.07. The van der Waals surface area contributed by atoms with E-state index in [0.29, 0.717) is 19.2 Å². The molecule has 0 atom stereocenters. The molecular formula is C14H19NO3. The van der Waals surface area contributed by atoms with Crippen LogP contribution in [0.4, 0.5) is 0 Å². The first-order chi connectivity index (χ1) is 8.65. The van der Waals surface area contributed by atoms with Crippen LogP contribution in [-0.4, -0.2) is 41.7 Å². The number of carboxylic acids is 1. The molecule has 0 radical (unpaired) electrons.